The fraction of sp³-hybridized carbons (Fsp3) is 0. The molecule has 0 rings (SSSR count). The van der Waals surface area contributed by atoms with Gasteiger partial charge in [0.05, 0.1) is 0 Å². The quantitative estimate of drug-likeness (QED) is 0.361. The molecule has 0 aliphatic heterocycles. The molecule has 4 nitrogen and oxygen atoms in total. The Kier molecular flexibility index (Phi) is 4.20. The minimum atomic E-state index is -1.44. The summed E-state index contributed by atoms with van der Waals surface area (Å²) in [5, 5.41) is 8.30. The number of carbonyl (C=O) groups excluding carboxylic acids is 2. The van der Waals surface area contributed by atoms with E-state index >= 15 is 0 Å². The number of carboxylic acid groups (broad SMARTS) is 1. The van der Waals surface area contributed by atoms with Crippen molar-refractivity contribution in [2.24, 2.45) is 0 Å². The maximum absolute atomic E-state index is 10.4. The molecule has 0 aliphatic rings. The molecular weight excluding hydrogens is 284 g/mol. The third-order valence-electron chi connectivity index (χ3n) is 0.700. The molecule has 0 saturated heterocycles. The topological polar surface area (TPSA) is 71.4 Å². The van der Waals surface area contributed by atoms with Gasteiger partial charge in [-0.2, -0.15) is 0 Å². The fourth-order valence-electron chi connectivity index (χ4n) is 0.316. The molecule has 60 valence electrons. The molecule has 0 aliphatic carbocycles. The molecule has 1 N–H and O–H groups in total. The monoisotopic (exact) mass is 284 g/mol. The van der Waals surface area contributed by atoms with Crippen LogP contribution in [0.1, 0.15) is 0 Å². The van der Waals surface area contributed by atoms with Gasteiger partial charge in [-0.05, 0) is 31.9 Å². The van der Waals surface area contributed by atoms with E-state index in [-0.39, 0.29) is 0 Å². The van der Waals surface area contributed by atoms with E-state index < -0.39 is 20.9 Å². The standard InChI is InChI=1S/C5H2Br2O4/c6-3(8)1-2(4(7)9)5(10)11/h1H,(H,10,11)/b2-1+. The van der Waals surface area contributed by atoms with Gasteiger partial charge in [-0.25, -0.2) is 4.79 Å². The van der Waals surface area contributed by atoms with Crippen LogP contribution < -0.4 is 0 Å². The van der Waals surface area contributed by atoms with E-state index in [9.17, 15) is 14.4 Å². The molecular formula is C5H2Br2O4. The van der Waals surface area contributed by atoms with Crippen LogP contribution in [0.15, 0.2) is 11.6 Å². The lowest BCUT2D eigenvalue weighted by molar-refractivity contribution is -0.133. The predicted octanol–water partition coefficient (Wildman–Crippen LogP) is 0.840. The summed E-state index contributed by atoms with van der Waals surface area (Å²) >= 11 is 4.87. The van der Waals surface area contributed by atoms with Crippen LogP contribution in [0.3, 0.4) is 0 Å². The van der Waals surface area contributed by atoms with E-state index in [0.717, 1.165) is 0 Å². The Bertz CT molecular complexity index is 227. The van der Waals surface area contributed by atoms with Gasteiger partial charge in [0.15, 0.2) is 0 Å². The normalized spacial score (nSPS) is 10.9. The van der Waals surface area contributed by atoms with Crippen LogP contribution in [0.25, 0.3) is 0 Å². The van der Waals surface area contributed by atoms with Gasteiger partial charge in [0.25, 0.3) is 0 Å². The zero-order chi connectivity index (χ0) is 9.02. The summed E-state index contributed by atoms with van der Waals surface area (Å²) in [4.78, 5) is 30.9. The second-order valence-corrected chi connectivity index (χ2v) is 2.94. The van der Waals surface area contributed by atoms with Crippen LogP contribution in [0.5, 0.6) is 0 Å². The summed E-state index contributed by atoms with van der Waals surface area (Å²) < 4.78 is -1.50. The van der Waals surface area contributed by atoms with Gasteiger partial charge in [0, 0.05) is 6.08 Å². The van der Waals surface area contributed by atoms with Gasteiger partial charge in [-0.3, -0.25) is 9.59 Å². The largest absolute Gasteiger partial charge is 0.478 e. The number of carbonyl (C=O) groups is 3. The molecule has 0 aromatic carbocycles. The van der Waals surface area contributed by atoms with Crippen LogP contribution in [-0.2, 0) is 14.4 Å². The average Bonchev–Trinajstić information content (AvgIpc) is 1.81. The molecule has 0 fully saturated rings. The number of hydrogen-bond donors (Lipinski definition) is 1. The summed E-state index contributed by atoms with van der Waals surface area (Å²) in [5.74, 6) is -1.44. The summed E-state index contributed by atoms with van der Waals surface area (Å²) in [5.41, 5.74) is -0.605. The van der Waals surface area contributed by atoms with E-state index in [4.69, 9.17) is 5.11 Å². The molecule has 6 heteroatoms. The maximum Gasteiger partial charge on any atom is 0.340 e. The van der Waals surface area contributed by atoms with Crippen molar-refractivity contribution in [3.05, 3.63) is 11.6 Å². The second kappa shape index (κ2) is 4.40. The number of allylic oxidation sites excluding steroid dienone is 1. The zero-order valence-electron chi connectivity index (χ0n) is 5.01. The zero-order valence-corrected chi connectivity index (χ0v) is 8.18. The van der Waals surface area contributed by atoms with Crippen LogP contribution >= 0.6 is 31.9 Å². The minimum absolute atomic E-state index is 0.605. The molecule has 11 heavy (non-hydrogen) atoms. The first-order valence-corrected chi connectivity index (χ1v) is 3.88. The van der Waals surface area contributed by atoms with Crippen molar-refractivity contribution < 1.29 is 19.5 Å². The molecule has 0 bridgehead atoms. The Morgan fingerprint density at radius 3 is 1.73 bits per heavy atom. The molecule has 0 unspecified atom stereocenters. The minimum Gasteiger partial charge on any atom is -0.478 e. The van der Waals surface area contributed by atoms with Crippen molar-refractivity contribution in [2.45, 2.75) is 0 Å². The van der Waals surface area contributed by atoms with Crippen molar-refractivity contribution in [3.8, 4) is 0 Å². The maximum atomic E-state index is 10.4. The summed E-state index contributed by atoms with van der Waals surface area (Å²) in [7, 11) is 0. The first-order valence-electron chi connectivity index (χ1n) is 2.29. The number of aliphatic carboxylic acids is 1. The van der Waals surface area contributed by atoms with Crippen LogP contribution in [0, 0.1) is 0 Å². The van der Waals surface area contributed by atoms with Crippen LogP contribution in [0.4, 0.5) is 0 Å². The van der Waals surface area contributed by atoms with E-state index in [0.29, 0.717) is 6.08 Å². The summed E-state index contributed by atoms with van der Waals surface area (Å²) in [6.45, 7) is 0. The van der Waals surface area contributed by atoms with Crippen molar-refractivity contribution in [3.63, 3.8) is 0 Å². The highest BCUT2D eigenvalue weighted by Gasteiger charge is 2.14. The third kappa shape index (κ3) is 4.05. The van der Waals surface area contributed by atoms with Gasteiger partial charge in [-0.1, -0.05) is 0 Å². The highest BCUT2D eigenvalue weighted by atomic mass is 79.9. The van der Waals surface area contributed by atoms with Gasteiger partial charge in [0.2, 0.25) is 9.39 Å². The lowest BCUT2D eigenvalue weighted by Crippen LogP contribution is -2.07. The van der Waals surface area contributed by atoms with E-state index in [1.54, 1.807) is 0 Å². The highest BCUT2D eigenvalue weighted by Crippen LogP contribution is 2.04. The van der Waals surface area contributed by atoms with Crippen molar-refractivity contribution in [1.82, 2.24) is 0 Å². The van der Waals surface area contributed by atoms with Gasteiger partial charge in [-0.15, -0.1) is 0 Å². The number of carboxylic acids is 1. The van der Waals surface area contributed by atoms with Crippen LogP contribution in [0.2, 0.25) is 0 Å². The molecule has 0 aromatic heterocycles. The van der Waals surface area contributed by atoms with Gasteiger partial charge >= 0.3 is 5.97 Å². The van der Waals surface area contributed by atoms with E-state index in [2.05, 4.69) is 31.9 Å². The Balaban J connectivity index is 4.75. The second-order valence-electron chi connectivity index (χ2n) is 1.44. The predicted molar refractivity (Wildman–Crippen MR) is 43.6 cm³/mol. The summed E-state index contributed by atoms with van der Waals surface area (Å²) in [6.07, 6.45) is 0.680. The molecule has 0 atom stereocenters. The van der Waals surface area contributed by atoms with Crippen LogP contribution in [-0.4, -0.2) is 20.5 Å². The fourth-order valence-corrected chi connectivity index (χ4v) is 0.829. The Morgan fingerprint density at radius 1 is 1.18 bits per heavy atom. The lowest BCUT2D eigenvalue weighted by Gasteiger charge is -1.90. The molecule has 0 heterocycles. The highest BCUT2D eigenvalue weighted by molar-refractivity contribution is 9.18. The SMILES string of the molecule is O=C(Br)/C=C(/C(=O)O)C(=O)Br. The molecule has 0 aromatic rings. The number of rotatable bonds is 3. The van der Waals surface area contributed by atoms with Crippen molar-refractivity contribution >= 4 is 47.2 Å². The first kappa shape index (κ1) is 10.5. The van der Waals surface area contributed by atoms with Crippen molar-refractivity contribution in [2.75, 3.05) is 0 Å². The van der Waals surface area contributed by atoms with E-state index in [1.807, 2.05) is 0 Å². The summed E-state index contributed by atoms with van der Waals surface area (Å²) in [6, 6.07) is 0. The van der Waals surface area contributed by atoms with Crippen molar-refractivity contribution in [1.29, 1.82) is 0 Å². The average molecular weight is 286 g/mol. The molecule has 0 spiro atoms. The molecule has 0 radical (unpaired) electrons. The Morgan fingerprint density at radius 2 is 1.64 bits per heavy atom. The number of halogens is 2. The van der Waals surface area contributed by atoms with E-state index in [1.165, 1.54) is 0 Å². The smallest absolute Gasteiger partial charge is 0.340 e. The Hall–Kier alpha value is -0.490. The first-order chi connectivity index (χ1) is 4.95. The van der Waals surface area contributed by atoms with Gasteiger partial charge in [0.1, 0.15) is 5.57 Å². The third-order valence-corrected chi connectivity index (χ3v) is 1.36. The molecule has 0 saturated carbocycles. The van der Waals surface area contributed by atoms with Gasteiger partial charge < -0.3 is 5.11 Å². The molecule has 0 amide bonds. The number of hydrogen-bond acceptors (Lipinski definition) is 3. The Labute approximate surface area is 78.5 Å². The lowest BCUT2D eigenvalue weighted by atomic mass is 10.3.